The van der Waals surface area contributed by atoms with Gasteiger partial charge < -0.3 is 10.5 Å². The molecule has 2 aromatic heterocycles. The maximum atomic E-state index is 5.79. The van der Waals surface area contributed by atoms with Gasteiger partial charge in [0.1, 0.15) is 17.1 Å². The van der Waals surface area contributed by atoms with Crippen LogP contribution < -0.4 is 10.5 Å². The monoisotopic (exact) mass is 295 g/mol. The number of hydrogen-bond donors (Lipinski definition) is 1. The van der Waals surface area contributed by atoms with Gasteiger partial charge in [0.25, 0.3) is 0 Å². The molecule has 22 heavy (non-hydrogen) atoms. The molecule has 0 radical (unpaired) electrons. The van der Waals surface area contributed by atoms with E-state index in [9.17, 15) is 0 Å². The van der Waals surface area contributed by atoms with Gasteiger partial charge >= 0.3 is 0 Å². The number of rotatable bonds is 5. The van der Waals surface area contributed by atoms with Crippen molar-refractivity contribution in [3.8, 4) is 22.7 Å². The van der Waals surface area contributed by atoms with E-state index in [1.54, 1.807) is 17.1 Å². The van der Waals surface area contributed by atoms with Crippen LogP contribution in [-0.4, -0.2) is 26.6 Å². The third-order valence-corrected chi connectivity index (χ3v) is 3.26. The Bertz CT molecular complexity index is 737. The minimum atomic E-state index is 0.321. The summed E-state index contributed by atoms with van der Waals surface area (Å²) in [6.45, 7) is 2.92. The Labute approximate surface area is 128 Å². The third kappa shape index (κ3) is 2.68. The summed E-state index contributed by atoms with van der Waals surface area (Å²) in [6.07, 6.45) is 3.51. The molecule has 1 aromatic carbocycles. The average molecular weight is 295 g/mol. The van der Waals surface area contributed by atoms with Crippen LogP contribution in [0.1, 0.15) is 12.6 Å². The molecule has 0 spiro atoms. The SMILES string of the molecule is CCOc1ccc(-n2nnc(CN)c2-c2cccnc2)cc1. The van der Waals surface area contributed by atoms with E-state index in [-0.39, 0.29) is 0 Å². The second-order valence-corrected chi connectivity index (χ2v) is 4.67. The first-order chi connectivity index (χ1) is 10.8. The Balaban J connectivity index is 2.06. The van der Waals surface area contributed by atoms with Crippen molar-refractivity contribution in [2.75, 3.05) is 6.61 Å². The molecule has 6 nitrogen and oxygen atoms in total. The van der Waals surface area contributed by atoms with Gasteiger partial charge in [0.15, 0.2) is 0 Å². The van der Waals surface area contributed by atoms with Crippen molar-refractivity contribution in [3.63, 3.8) is 0 Å². The molecule has 3 aromatic rings. The first-order valence-corrected chi connectivity index (χ1v) is 7.11. The molecule has 0 atom stereocenters. The largest absolute Gasteiger partial charge is 0.494 e. The van der Waals surface area contributed by atoms with E-state index < -0.39 is 0 Å². The summed E-state index contributed by atoms with van der Waals surface area (Å²) >= 11 is 0. The lowest BCUT2D eigenvalue weighted by atomic mass is 10.1. The van der Waals surface area contributed by atoms with Gasteiger partial charge in [-0.15, -0.1) is 5.10 Å². The molecule has 3 rings (SSSR count). The summed E-state index contributed by atoms with van der Waals surface area (Å²) < 4.78 is 7.24. The van der Waals surface area contributed by atoms with Gasteiger partial charge in [-0.2, -0.15) is 0 Å². The fourth-order valence-electron chi connectivity index (χ4n) is 2.27. The van der Waals surface area contributed by atoms with Crippen LogP contribution in [-0.2, 0) is 6.54 Å². The van der Waals surface area contributed by atoms with Crippen LogP contribution in [0.15, 0.2) is 48.8 Å². The molecule has 0 aliphatic rings. The van der Waals surface area contributed by atoms with Crippen molar-refractivity contribution >= 4 is 0 Å². The highest BCUT2D eigenvalue weighted by Gasteiger charge is 2.15. The lowest BCUT2D eigenvalue weighted by molar-refractivity contribution is 0.340. The van der Waals surface area contributed by atoms with Gasteiger partial charge in [-0.3, -0.25) is 4.98 Å². The molecule has 0 aliphatic heterocycles. The highest BCUT2D eigenvalue weighted by molar-refractivity contribution is 5.63. The fraction of sp³-hybridized carbons (Fsp3) is 0.188. The van der Waals surface area contributed by atoms with Gasteiger partial charge in [0.05, 0.1) is 12.3 Å². The summed E-state index contributed by atoms with van der Waals surface area (Å²) in [4.78, 5) is 4.16. The Morgan fingerprint density at radius 2 is 2.00 bits per heavy atom. The van der Waals surface area contributed by atoms with Crippen LogP contribution in [0.5, 0.6) is 5.75 Å². The smallest absolute Gasteiger partial charge is 0.119 e. The van der Waals surface area contributed by atoms with E-state index in [0.717, 1.165) is 28.4 Å². The van der Waals surface area contributed by atoms with Gasteiger partial charge in [0.2, 0.25) is 0 Å². The standard InChI is InChI=1S/C16H17N5O/c1-2-22-14-7-5-13(6-8-14)21-16(15(10-17)19-20-21)12-4-3-9-18-11-12/h3-9,11H,2,10,17H2,1H3. The van der Waals surface area contributed by atoms with Crippen LogP contribution >= 0.6 is 0 Å². The van der Waals surface area contributed by atoms with E-state index in [1.165, 1.54) is 0 Å². The molecule has 0 fully saturated rings. The minimum absolute atomic E-state index is 0.321. The lowest BCUT2D eigenvalue weighted by Crippen LogP contribution is -2.03. The summed E-state index contributed by atoms with van der Waals surface area (Å²) in [7, 11) is 0. The van der Waals surface area contributed by atoms with Crippen molar-refractivity contribution in [2.24, 2.45) is 5.73 Å². The van der Waals surface area contributed by atoms with Crippen LogP contribution in [0.4, 0.5) is 0 Å². The second kappa shape index (κ2) is 6.36. The predicted molar refractivity (Wildman–Crippen MR) is 83.7 cm³/mol. The zero-order valence-electron chi connectivity index (χ0n) is 12.3. The normalized spacial score (nSPS) is 10.6. The van der Waals surface area contributed by atoms with Gasteiger partial charge in [-0.1, -0.05) is 5.21 Å². The first kappa shape index (κ1) is 14.2. The molecule has 0 amide bonds. The molecule has 2 heterocycles. The Morgan fingerprint density at radius 1 is 1.18 bits per heavy atom. The average Bonchev–Trinajstić information content (AvgIpc) is 3.00. The van der Waals surface area contributed by atoms with E-state index in [1.807, 2.05) is 43.3 Å². The number of pyridine rings is 1. The molecule has 0 bridgehead atoms. The maximum Gasteiger partial charge on any atom is 0.119 e. The maximum absolute atomic E-state index is 5.79. The topological polar surface area (TPSA) is 78.8 Å². The van der Waals surface area contributed by atoms with Crippen LogP contribution in [0, 0.1) is 0 Å². The zero-order chi connectivity index (χ0) is 15.4. The van der Waals surface area contributed by atoms with Crippen molar-refractivity contribution in [3.05, 3.63) is 54.5 Å². The summed E-state index contributed by atoms with van der Waals surface area (Å²) in [5.41, 5.74) is 9.22. The van der Waals surface area contributed by atoms with Crippen LogP contribution in [0.3, 0.4) is 0 Å². The fourth-order valence-corrected chi connectivity index (χ4v) is 2.27. The Hall–Kier alpha value is -2.73. The van der Waals surface area contributed by atoms with Crippen molar-refractivity contribution in [1.29, 1.82) is 0 Å². The summed E-state index contributed by atoms with van der Waals surface area (Å²) in [5.74, 6) is 0.827. The van der Waals surface area contributed by atoms with E-state index in [4.69, 9.17) is 10.5 Å². The van der Waals surface area contributed by atoms with Gasteiger partial charge in [-0.05, 0) is 43.3 Å². The van der Waals surface area contributed by atoms with E-state index >= 15 is 0 Å². The highest BCUT2D eigenvalue weighted by Crippen LogP contribution is 2.25. The quantitative estimate of drug-likeness (QED) is 0.780. The van der Waals surface area contributed by atoms with Crippen molar-refractivity contribution in [1.82, 2.24) is 20.0 Å². The lowest BCUT2D eigenvalue weighted by Gasteiger charge is -2.09. The number of nitrogens with zero attached hydrogens (tertiary/aromatic N) is 4. The second-order valence-electron chi connectivity index (χ2n) is 4.67. The van der Waals surface area contributed by atoms with Crippen molar-refractivity contribution < 1.29 is 4.74 Å². The minimum Gasteiger partial charge on any atom is -0.494 e. The zero-order valence-corrected chi connectivity index (χ0v) is 12.3. The van der Waals surface area contributed by atoms with E-state index in [0.29, 0.717) is 13.2 Å². The van der Waals surface area contributed by atoms with Gasteiger partial charge in [0, 0.05) is 24.5 Å². The number of aromatic nitrogens is 4. The Morgan fingerprint density at radius 3 is 2.64 bits per heavy atom. The molecule has 2 N–H and O–H groups in total. The Kier molecular flexibility index (Phi) is 4.11. The summed E-state index contributed by atoms with van der Waals surface area (Å²) in [5, 5.41) is 8.40. The van der Waals surface area contributed by atoms with Gasteiger partial charge in [-0.25, -0.2) is 4.68 Å². The molecule has 112 valence electrons. The molecule has 0 saturated carbocycles. The molecular weight excluding hydrogens is 278 g/mol. The number of ether oxygens (including phenoxy) is 1. The summed E-state index contributed by atoms with van der Waals surface area (Å²) in [6, 6.07) is 11.6. The van der Waals surface area contributed by atoms with Crippen LogP contribution in [0.25, 0.3) is 16.9 Å². The predicted octanol–water partition coefficient (Wildman–Crippen LogP) is 2.19. The first-order valence-electron chi connectivity index (χ1n) is 7.11. The van der Waals surface area contributed by atoms with Crippen LogP contribution in [0.2, 0.25) is 0 Å². The number of benzene rings is 1. The molecule has 0 saturated heterocycles. The molecular formula is C16H17N5O. The third-order valence-electron chi connectivity index (χ3n) is 3.26. The van der Waals surface area contributed by atoms with Crippen molar-refractivity contribution in [2.45, 2.75) is 13.5 Å². The molecule has 6 heteroatoms. The molecule has 0 aliphatic carbocycles. The van der Waals surface area contributed by atoms with E-state index in [2.05, 4.69) is 15.3 Å². The highest BCUT2D eigenvalue weighted by atomic mass is 16.5. The number of nitrogens with two attached hydrogens (primary N) is 1. The molecule has 0 unspecified atom stereocenters. The number of hydrogen-bond acceptors (Lipinski definition) is 5.